The van der Waals surface area contributed by atoms with Gasteiger partial charge in [0.05, 0.1) is 33.7 Å². The number of nitrogens with one attached hydrogen (secondary N) is 1. The number of ether oxygens (including phenoxy) is 2. The van der Waals surface area contributed by atoms with Crippen LogP contribution in [0.4, 0.5) is 5.69 Å². The number of thioether (sulfide) groups is 1. The maximum absolute atomic E-state index is 13.1. The lowest BCUT2D eigenvalue weighted by molar-refractivity contribution is -0.133. The van der Waals surface area contributed by atoms with Crippen LogP contribution in [0, 0.1) is 0 Å². The predicted molar refractivity (Wildman–Crippen MR) is 126 cm³/mol. The standard InChI is InChI=1S/C22H17ClN2O5S2/c1-2-7-29-21-15(20(28)14-8-12(23)3-6-17(14)30-21)10-24-13-4-5-16-18(9-13)32-22(25-16)31-11-19(26)27/h2-6,8-10,21,24H,1,7,11H2,(H,26,27)/b15-10-/t21-/m0/s1. The number of aliphatic carboxylic acids is 1. The van der Waals surface area contributed by atoms with E-state index < -0.39 is 12.3 Å². The van der Waals surface area contributed by atoms with Crippen molar-refractivity contribution in [1.29, 1.82) is 0 Å². The molecule has 0 saturated carbocycles. The van der Waals surface area contributed by atoms with Gasteiger partial charge in [-0.15, -0.1) is 17.9 Å². The van der Waals surface area contributed by atoms with E-state index in [0.717, 1.165) is 15.9 Å². The molecule has 0 unspecified atom stereocenters. The van der Waals surface area contributed by atoms with Crippen molar-refractivity contribution >= 4 is 62.4 Å². The fourth-order valence-corrected chi connectivity index (χ4v) is 4.98. The number of rotatable bonds is 8. The average Bonchev–Trinajstić information content (AvgIpc) is 3.18. The van der Waals surface area contributed by atoms with E-state index in [2.05, 4.69) is 16.9 Å². The Kier molecular flexibility index (Phi) is 6.80. The Hall–Kier alpha value is -2.85. The summed E-state index contributed by atoms with van der Waals surface area (Å²) in [7, 11) is 0. The van der Waals surface area contributed by atoms with E-state index in [1.807, 2.05) is 18.2 Å². The van der Waals surface area contributed by atoms with Crippen molar-refractivity contribution in [2.45, 2.75) is 10.6 Å². The number of aromatic nitrogens is 1. The molecule has 0 aliphatic carbocycles. The Morgan fingerprint density at radius 2 is 2.22 bits per heavy atom. The van der Waals surface area contributed by atoms with Crippen molar-refractivity contribution in [3.63, 3.8) is 0 Å². The van der Waals surface area contributed by atoms with Crippen LogP contribution in [0.5, 0.6) is 5.75 Å². The Morgan fingerprint density at radius 1 is 1.38 bits per heavy atom. The van der Waals surface area contributed by atoms with Gasteiger partial charge in [0.1, 0.15) is 5.75 Å². The van der Waals surface area contributed by atoms with Gasteiger partial charge in [-0.1, -0.05) is 29.4 Å². The van der Waals surface area contributed by atoms with Crippen LogP contribution >= 0.6 is 34.7 Å². The predicted octanol–water partition coefficient (Wildman–Crippen LogP) is 5.23. The summed E-state index contributed by atoms with van der Waals surface area (Å²) in [5.74, 6) is -0.778. The van der Waals surface area contributed by atoms with E-state index in [1.54, 1.807) is 30.5 Å². The van der Waals surface area contributed by atoms with E-state index in [-0.39, 0.29) is 18.1 Å². The van der Waals surface area contributed by atoms with Crippen LogP contribution in [-0.4, -0.2) is 40.5 Å². The minimum absolute atomic E-state index is 0.0449. The van der Waals surface area contributed by atoms with Crippen LogP contribution in [0.15, 0.2) is 65.2 Å². The van der Waals surface area contributed by atoms with E-state index in [9.17, 15) is 9.59 Å². The van der Waals surface area contributed by atoms with Crippen LogP contribution < -0.4 is 10.1 Å². The maximum atomic E-state index is 13.1. The zero-order valence-electron chi connectivity index (χ0n) is 16.5. The number of anilines is 1. The van der Waals surface area contributed by atoms with Gasteiger partial charge in [-0.05, 0) is 36.4 Å². The zero-order valence-corrected chi connectivity index (χ0v) is 18.9. The molecule has 0 radical (unpaired) electrons. The quantitative estimate of drug-likeness (QED) is 0.253. The monoisotopic (exact) mass is 488 g/mol. The van der Waals surface area contributed by atoms with Gasteiger partial charge < -0.3 is 19.9 Å². The number of carboxylic acids is 1. The number of carboxylic acid groups (broad SMARTS) is 1. The number of ketones is 1. The smallest absolute Gasteiger partial charge is 0.313 e. The van der Waals surface area contributed by atoms with Gasteiger partial charge in [-0.3, -0.25) is 9.59 Å². The first-order chi connectivity index (χ1) is 15.4. The van der Waals surface area contributed by atoms with Gasteiger partial charge in [0.25, 0.3) is 0 Å². The highest BCUT2D eigenvalue weighted by molar-refractivity contribution is 8.01. The molecule has 0 saturated heterocycles. The second kappa shape index (κ2) is 9.74. The molecule has 164 valence electrons. The number of fused-ring (bicyclic) bond motifs is 2. The molecule has 2 N–H and O–H groups in total. The highest BCUT2D eigenvalue weighted by atomic mass is 35.5. The van der Waals surface area contributed by atoms with Crippen molar-refractivity contribution in [2.75, 3.05) is 17.7 Å². The molecule has 0 fully saturated rings. The average molecular weight is 489 g/mol. The molecule has 3 aromatic rings. The third-order valence-corrected chi connectivity index (χ3v) is 6.77. The maximum Gasteiger partial charge on any atom is 0.313 e. The molecule has 1 atom stereocenters. The number of benzene rings is 2. The number of thiazole rings is 1. The van der Waals surface area contributed by atoms with Crippen LogP contribution in [0.2, 0.25) is 5.02 Å². The largest absolute Gasteiger partial charge is 0.481 e. The number of Topliss-reactive ketones (excluding diaryl/α,β-unsaturated/α-hetero) is 1. The molecule has 0 bridgehead atoms. The summed E-state index contributed by atoms with van der Waals surface area (Å²) in [6.07, 6.45) is 2.24. The molecule has 2 aromatic carbocycles. The van der Waals surface area contributed by atoms with Gasteiger partial charge in [-0.2, -0.15) is 0 Å². The lowest BCUT2D eigenvalue weighted by Crippen LogP contribution is -2.33. The molecule has 0 amide bonds. The SMILES string of the molecule is C=CCO[C@H]1Oc2ccc(Cl)cc2C(=O)/C1=C/Nc1ccc2nc(SCC(=O)O)sc2c1. The van der Waals surface area contributed by atoms with Gasteiger partial charge in [0.15, 0.2) is 4.34 Å². The van der Waals surface area contributed by atoms with Gasteiger partial charge >= 0.3 is 5.97 Å². The fourth-order valence-electron chi connectivity index (χ4n) is 2.98. The van der Waals surface area contributed by atoms with E-state index in [4.69, 9.17) is 26.2 Å². The van der Waals surface area contributed by atoms with E-state index >= 15 is 0 Å². The normalized spacial score (nSPS) is 16.6. The number of halogens is 1. The summed E-state index contributed by atoms with van der Waals surface area (Å²) in [6, 6.07) is 10.4. The molecule has 1 aromatic heterocycles. The van der Waals surface area contributed by atoms with Crippen molar-refractivity contribution in [3.8, 4) is 5.75 Å². The fraction of sp³-hybridized carbons (Fsp3) is 0.136. The zero-order chi connectivity index (χ0) is 22.7. The van der Waals surface area contributed by atoms with Crippen molar-refractivity contribution in [3.05, 3.63) is 71.4 Å². The Balaban J connectivity index is 1.59. The summed E-state index contributed by atoms with van der Waals surface area (Å²) in [5.41, 5.74) is 2.16. The molecular weight excluding hydrogens is 472 g/mol. The van der Waals surface area contributed by atoms with Crippen molar-refractivity contribution in [2.24, 2.45) is 0 Å². The van der Waals surface area contributed by atoms with Crippen LogP contribution in [0.1, 0.15) is 10.4 Å². The van der Waals surface area contributed by atoms with Crippen molar-refractivity contribution < 1.29 is 24.2 Å². The van der Waals surface area contributed by atoms with Gasteiger partial charge in [0, 0.05) is 16.9 Å². The molecule has 2 heterocycles. The van der Waals surface area contributed by atoms with Gasteiger partial charge in [-0.25, -0.2) is 4.98 Å². The molecule has 32 heavy (non-hydrogen) atoms. The number of carbonyl (C=O) groups excluding carboxylic acids is 1. The second-order valence-electron chi connectivity index (χ2n) is 6.63. The minimum atomic E-state index is -0.896. The van der Waals surface area contributed by atoms with E-state index in [1.165, 1.54) is 23.1 Å². The van der Waals surface area contributed by atoms with Crippen molar-refractivity contribution in [1.82, 2.24) is 4.98 Å². The summed E-state index contributed by atoms with van der Waals surface area (Å²) < 4.78 is 13.1. The first-order valence-corrected chi connectivity index (χ1v) is 11.6. The Morgan fingerprint density at radius 3 is 3.00 bits per heavy atom. The lowest BCUT2D eigenvalue weighted by Gasteiger charge is -2.27. The van der Waals surface area contributed by atoms with Crippen LogP contribution in [0.3, 0.4) is 0 Å². The minimum Gasteiger partial charge on any atom is -0.481 e. The first-order valence-electron chi connectivity index (χ1n) is 9.40. The van der Waals surface area contributed by atoms with Crippen LogP contribution in [-0.2, 0) is 9.53 Å². The topological polar surface area (TPSA) is 97.8 Å². The summed E-state index contributed by atoms with van der Waals surface area (Å²) in [4.78, 5) is 28.3. The first kappa shape index (κ1) is 22.3. The molecule has 7 nitrogen and oxygen atoms in total. The number of hydrogen-bond acceptors (Lipinski definition) is 8. The molecule has 10 heteroatoms. The van der Waals surface area contributed by atoms with E-state index in [0.29, 0.717) is 26.2 Å². The summed E-state index contributed by atoms with van der Waals surface area (Å²) >= 11 is 8.64. The Labute approximate surface area is 196 Å². The summed E-state index contributed by atoms with van der Waals surface area (Å²) in [5, 5.41) is 12.4. The summed E-state index contributed by atoms with van der Waals surface area (Å²) in [6.45, 7) is 3.85. The highest BCUT2D eigenvalue weighted by Crippen LogP contribution is 2.34. The third-order valence-electron chi connectivity index (χ3n) is 4.38. The number of carbonyl (C=O) groups is 2. The molecule has 0 spiro atoms. The molecule has 1 aliphatic rings. The number of nitrogens with zero attached hydrogens (tertiary/aromatic N) is 1. The van der Waals surface area contributed by atoms with Gasteiger partial charge in [0.2, 0.25) is 12.1 Å². The lowest BCUT2D eigenvalue weighted by atomic mass is 10.00. The molecular formula is C22H17ClN2O5S2. The third kappa shape index (κ3) is 4.97. The Bertz CT molecular complexity index is 1240. The number of hydrogen-bond donors (Lipinski definition) is 2. The van der Waals surface area contributed by atoms with Crippen LogP contribution in [0.25, 0.3) is 10.2 Å². The molecule has 1 aliphatic heterocycles. The highest BCUT2D eigenvalue weighted by Gasteiger charge is 2.32. The second-order valence-corrected chi connectivity index (χ2v) is 9.32. The molecule has 4 rings (SSSR count).